The van der Waals surface area contributed by atoms with E-state index in [9.17, 15) is 5.11 Å². The van der Waals surface area contributed by atoms with Crippen molar-refractivity contribution in [1.29, 1.82) is 0 Å². The summed E-state index contributed by atoms with van der Waals surface area (Å²) in [6, 6.07) is 0. The number of aliphatic hydroxyl groups is 1. The summed E-state index contributed by atoms with van der Waals surface area (Å²) in [5.41, 5.74) is 0. The molecule has 5 heteroatoms. The third-order valence-corrected chi connectivity index (χ3v) is 2.88. The molecule has 1 N–H and O–H groups in total. The van der Waals surface area contributed by atoms with Crippen molar-refractivity contribution in [2.24, 2.45) is 0 Å². The van der Waals surface area contributed by atoms with Crippen molar-refractivity contribution in [2.45, 2.75) is 30.7 Å². The minimum atomic E-state index is -0.527. The van der Waals surface area contributed by atoms with E-state index in [1.54, 1.807) is 7.11 Å². The lowest BCUT2D eigenvalue weighted by molar-refractivity contribution is -0.191. The second kappa shape index (κ2) is 3.23. The second-order valence-electron chi connectivity index (χ2n) is 2.99. The zero-order chi connectivity index (χ0) is 8.72. The summed E-state index contributed by atoms with van der Waals surface area (Å²) in [5, 5.41) is 10.2. The van der Waals surface area contributed by atoms with E-state index in [0.717, 1.165) is 0 Å². The van der Waals surface area contributed by atoms with Crippen LogP contribution < -0.4 is 0 Å². The first-order valence-corrected chi connectivity index (χ1v) is 4.98. The van der Waals surface area contributed by atoms with E-state index >= 15 is 0 Å². The Bertz CT molecular complexity index is 177. The Labute approximate surface area is 78.9 Å². The molecular formula is C7H11BrO4. The lowest BCUT2D eigenvalue weighted by Crippen LogP contribution is -2.46. The van der Waals surface area contributed by atoms with Crippen LogP contribution in [0.1, 0.15) is 0 Å². The number of halogens is 1. The van der Waals surface area contributed by atoms with E-state index in [2.05, 4.69) is 15.9 Å². The van der Waals surface area contributed by atoms with Crippen molar-refractivity contribution in [2.75, 3.05) is 12.4 Å². The number of methoxy groups -OCH3 is 1. The molecule has 0 radical (unpaired) electrons. The van der Waals surface area contributed by atoms with Crippen LogP contribution in [0.5, 0.6) is 0 Å². The number of epoxide rings is 1. The van der Waals surface area contributed by atoms with Crippen LogP contribution >= 0.6 is 15.9 Å². The van der Waals surface area contributed by atoms with E-state index in [1.165, 1.54) is 0 Å². The molecule has 2 heterocycles. The third kappa shape index (κ3) is 1.29. The Hall–Kier alpha value is 0.320. The van der Waals surface area contributed by atoms with Crippen molar-refractivity contribution in [3.05, 3.63) is 0 Å². The number of alkyl halides is 1. The Morgan fingerprint density at radius 2 is 2.17 bits per heavy atom. The zero-order valence-corrected chi connectivity index (χ0v) is 8.23. The highest BCUT2D eigenvalue weighted by Gasteiger charge is 2.57. The average molecular weight is 239 g/mol. The predicted octanol–water partition coefficient (Wildman–Crippen LogP) is -0.119. The molecule has 2 rings (SSSR count). The minimum Gasteiger partial charge on any atom is -0.388 e. The summed E-state index contributed by atoms with van der Waals surface area (Å²) >= 11 is 3.26. The fraction of sp³-hybridized carbons (Fsp3) is 1.00. The smallest absolute Gasteiger partial charge is 0.186 e. The highest BCUT2D eigenvalue weighted by molar-refractivity contribution is 9.09. The highest BCUT2D eigenvalue weighted by atomic mass is 79.9. The van der Waals surface area contributed by atoms with Gasteiger partial charge in [-0.25, -0.2) is 0 Å². The largest absolute Gasteiger partial charge is 0.388 e. The standard InChI is InChI=1S/C7H11BrO4/c1-10-7-6-5(12-6)4(9)3(2-8)11-7/h3-7,9H,2H2,1H3/t3-,4-,5-,6-,7+/m1/s1. The zero-order valence-electron chi connectivity index (χ0n) is 6.64. The Balaban J connectivity index is 2.01. The van der Waals surface area contributed by atoms with Gasteiger partial charge in [-0.1, -0.05) is 15.9 Å². The Morgan fingerprint density at radius 3 is 2.75 bits per heavy atom. The van der Waals surface area contributed by atoms with Crippen LogP contribution in [-0.2, 0) is 14.2 Å². The summed E-state index contributed by atoms with van der Waals surface area (Å²) < 4.78 is 15.7. The molecule has 0 aromatic rings. The molecule has 0 aromatic heterocycles. The second-order valence-corrected chi connectivity index (χ2v) is 3.64. The maximum Gasteiger partial charge on any atom is 0.186 e. The first kappa shape index (κ1) is 8.90. The molecule has 2 saturated heterocycles. The molecule has 12 heavy (non-hydrogen) atoms. The maximum atomic E-state index is 9.56. The first-order valence-electron chi connectivity index (χ1n) is 3.85. The van der Waals surface area contributed by atoms with Crippen molar-refractivity contribution in [1.82, 2.24) is 0 Å². The van der Waals surface area contributed by atoms with Crippen LogP contribution in [0.2, 0.25) is 0 Å². The molecule has 0 unspecified atom stereocenters. The monoisotopic (exact) mass is 238 g/mol. The molecular weight excluding hydrogens is 228 g/mol. The summed E-state index contributed by atoms with van der Waals surface area (Å²) in [7, 11) is 1.58. The Kier molecular flexibility index (Phi) is 2.39. The van der Waals surface area contributed by atoms with Crippen LogP contribution in [0.15, 0.2) is 0 Å². The van der Waals surface area contributed by atoms with Crippen molar-refractivity contribution < 1.29 is 19.3 Å². The van der Waals surface area contributed by atoms with Gasteiger partial charge in [0.25, 0.3) is 0 Å². The van der Waals surface area contributed by atoms with Crippen molar-refractivity contribution >= 4 is 15.9 Å². The van der Waals surface area contributed by atoms with Crippen molar-refractivity contribution in [3.8, 4) is 0 Å². The van der Waals surface area contributed by atoms with Gasteiger partial charge in [0, 0.05) is 12.4 Å². The Morgan fingerprint density at radius 1 is 1.42 bits per heavy atom. The molecule has 2 aliphatic heterocycles. The van der Waals surface area contributed by atoms with Gasteiger partial charge < -0.3 is 19.3 Å². The summed E-state index contributed by atoms with van der Waals surface area (Å²) in [4.78, 5) is 0. The summed E-state index contributed by atoms with van der Waals surface area (Å²) in [6.07, 6.45) is -1.23. The molecule has 0 bridgehead atoms. The lowest BCUT2D eigenvalue weighted by atomic mass is 10.1. The van der Waals surface area contributed by atoms with Gasteiger partial charge in [-0.15, -0.1) is 0 Å². The van der Waals surface area contributed by atoms with Gasteiger partial charge in [0.2, 0.25) is 0 Å². The molecule has 70 valence electrons. The highest BCUT2D eigenvalue weighted by Crippen LogP contribution is 2.37. The molecule has 0 amide bonds. The molecule has 2 aliphatic rings. The SMILES string of the molecule is CO[C@H]1O[C@H](CBr)[C@@H](O)[C@H]2O[C@@H]12. The lowest BCUT2D eigenvalue weighted by Gasteiger charge is -2.28. The third-order valence-electron chi connectivity index (χ3n) is 2.24. The van der Waals surface area contributed by atoms with Gasteiger partial charge >= 0.3 is 0 Å². The fourth-order valence-electron chi connectivity index (χ4n) is 1.49. The van der Waals surface area contributed by atoms with Crippen molar-refractivity contribution in [3.63, 3.8) is 0 Å². The van der Waals surface area contributed by atoms with Gasteiger partial charge in [-0.05, 0) is 0 Å². The van der Waals surface area contributed by atoms with Crippen LogP contribution in [0.3, 0.4) is 0 Å². The van der Waals surface area contributed by atoms with Crippen LogP contribution in [0.25, 0.3) is 0 Å². The number of ether oxygens (including phenoxy) is 3. The fourth-order valence-corrected chi connectivity index (χ4v) is 2.02. The first-order chi connectivity index (χ1) is 5.77. The molecule has 5 atom stereocenters. The van der Waals surface area contributed by atoms with Gasteiger partial charge in [0.05, 0.1) is 6.10 Å². The van der Waals surface area contributed by atoms with Gasteiger partial charge in [-0.2, -0.15) is 0 Å². The number of rotatable bonds is 2. The molecule has 0 aromatic carbocycles. The average Bonchev–Trinajstić information content (AvgIpc) is 2.85. The molecule has 0 aliphatic carbocycles. The molecule has 4 nitrogen and oxygen atoms in total. The van der Waals surface area contributed by atoms with E-state index in [4.69, 9.17) is 14.2 Å². The van der Waals surface area contributed by atoms with Gasteiger partial charge in [-0.3, -0.25) is 0 Å². The van der Waals surface area contributed by atoms with Crippen LogP contribution in [0, 0.1) is 0 Å². The molecule has 2 fully saturated rings. The van der Waals surface area contributed by atoms with Gasteiger partial charge in [0.1, 0.15) is 18.3 Å². The minimum absolute atomic E-state index is 0.0692. The number of hydrogen-bond donors (Lipinski definition) is 1. The van der Waals surface area contributed by atoms with Crippen LogP contribution in [-0.4, -0.2) is 48.3 Å². The number of hydrogen-bond acceptors (Lipinski definition) is 4. The predicted molar refractivity (Wildman–Crippen MR) is 44.1 cm³/mol. The molecule has 0 spiro atoms. The molecule has 0 saturated carbocycles. The van der Waals surface area contributed by atoms with E-state index < -0.39 is 6.10 Å². The quantitative estimate of drug-likeness (QED) is 0.539. The van der Waals surface area contributed by atoms with E-state index in [-0.39, 0.29) is 24.6 Å². The normalized spacial score (nSPS) is 51.8. The van der Waals surface area contributed by atoms with Crippen LogP contribution in [0.4, 0.5) is 0 Å². The number of fused-ring (bicyclic) bond motifs is 1. The topological polar surface area (TPSA) is 51.2 Å². The van der Waals surface area contributed by atoms with Gasteiger partial charge in [0.15, 0.2) is 6.29 Å². The number of aliphatic hydroxyl groups excluding tert-OH is 1. The summed E-state index contributed by atoms with van der Waals surface area (Å²) in [6.45, 7) is 0. The summed E-state index contributed by atoms with van der Waals surface area (Å²) in [5.74, 6) is 0. The maximum absolute atomic E-state index is 9.56. The van der Waals surface area contributed by atoms with E-state index in [1.807, 2.05) is 0 Å². The van der Waals surface area contributed by atoms with E-state index in [0.29, 0.717) is 5.33 Å².